The van der Waals surface area contributed by atoms with Crippen molar-refractivity contribution < 1.29 is 4.42 Å². The zero-order valence-electron chi connectivity index (χ0n) is 18.4. The fourth-order valence-corrected chi connectivity index (χ4v) is 4.88. The molecule has 0 atom stereocenters. The number of hydrogen-bond acceptors (Lipinski definition) is 5. The van der Waals surface area contributed by atoms with Gasteiger partial charge in [0.2, 0.25) is 5.89 Å². The normalized spacial score (nSPS) is 14.5. The topological polar surface area (TPSA) is 51.8 Å². The lowest BCUT2D eigenvalue weighted by atomic mass is 9.91. The molecule has 0 bridgehead atoms. The molecular weight excluding hydrogens is 426 g/mol. The van der Waals surface area contributed by atoms with Crippen molar-refractivity contribution in [3.8, 4) is 22.6 Å². The minimum absolute atomic E-state index is 0.306. The molecule has 2 heterocycles. The summed E-state index contributed by atoms with van der Waals surface area (Å²) < 4.78 is 5.85. The van der Waals surface area contributed by atoms with Gasteiger partial charge in [-0.3, -0.25) is 4.98 Å². The van der Waals surface area contributed by atoms with Crippen LogP contribution >= 0.6 is 11.8 Å². The van der Waals surface area contributed by atoms with E-state index in [2.05, 4.69) is 59.6 Å². The Morgan fingerprint density at radius 2 is 1.73 bits per heavy atom. The number of pyridine rings is 1. The lowest BCUT2D eigenvalue weighted by Crippen LogP contribution is -2.01. The van der Waals surface area contributed by atoms with Crippen LogP contribution in [0.1, 0.15) is 30.9 Å². The van der Waals surface area contributed by atoms with Gasteiger partial charge in [-0.05, 0) is 65.3 Å². The van der Waals surface area contributed by atoms with Crippen molar-refractivity contribution in [3.05, 3.63) is 96.2 Å². The second-order valence-electron chi connectivity index (χ2n) is 8.89. The van der Waals surface area contributed by atoms with Gasteiger partial charge in [0.15, 0.2) is 0 Å². The number of rotatable bonds is 6. The van der Waals surface area contributed by atoms with Crippen molar-refractivity contribution in [1.29, 1.82) is 0 Å². The molecule has 1 aliphatic carbocycles. The molecule has 6 rings (SSSR count). The number of nitrogens with zero attached hydrogens (tertiary/aromatic N) is 3. The highest BCUT2D eigenvalue weighted by Gasteiger charge is 2.39. The molecule has 0 spiro atoms. The van der Waals surface area contributed by atoms with Crippen LogP contribution < -0.4 is 0 Å². The monoisotopic (exact) mass is 449 g/mol. The molecule has 1 aliphatic rings. The Kier molecular flexibility index (Phi) is 4.99. The average molecular weight is 450 g/mol. The van der Waals surface area contributed by atoms with Gasteiger partial charge in [-0.1, -0.05) is 67.2 Å². The summed E-state index contributed by atoms with van der Waals surface area (Å²) in [7, 11) is 0. The van der Waals surface area contributed by atoms with Crippen LogP contribution in [0.3, 0.4) is 0 Å². The highest BCUT2D eigenvalue weighted by Crippen LogP contribution is 2.49. The zero-order valence-corrected chi connectivity index (χ0v) is 19.2. The Morgan fingerprint density at radius 1 is 0.879 bits per heavy atom. The molecule has 5 aromatic rings. The van der Waals surface area contributed by atoms with Gasteiger partial charge in [0.1, 0.15) is 0 Å². The van der Waals surface area contributed by atoms with E-state index in [-0.39, 0.29) is 0 Å². The predicted octanol–water partition coefficient (Wildman–Crippen LogP) is 7.30. The van der Waals surface area contributed by atoms with Crippen LogP contribution in [0, 0.1) is 0 Å². The molecule has 1 fully saturated rings. The summed E-state index contributed by atoms with van der Waals surface area (Å²) in [5.74, 6) is 1.31. The first kappa shape index (κ1) is 20.2. The summed E-state index contributed by atoms with van der Waals surface area (Å²) >= 11 is 1.56. The van der Waals surface area contributed by atoms with Gasteiger partial charge in [0, 0.05) is 28.5 Å². The molecule has 0 aliphatic heterocycles. The standard InChI is InChI=1S/C28H23N3OS/c1-28(12-13-28)23-16-22-11-6-14-29-25(22)24(17-23)21-10-5-7-19(15-21)18-33-27-31-30-26(32-27)20-8-3-2-4-9-20/h2-11,14-17H,12-13,18H2,1H3. The Labute approximate surface area is 197 Å². The van der Waals surface area contributed by atoms with Crippen molar-refractivity contribution in [1.82, 2.24) is 15.2 Å². The molecule has 0 saturated heterocycles. The molecule has 0 radical (unpaired) electrons. The second-order valence-corrected chi connectivity index (χ2v) is 9.81. The SMILES string of the molecule is CC1(c2cc(-c3cccc(CSc4nnc(-c5ccccc5)o4)c3)c3ncccc3c2)CC1. The summed E-state index contributed by atoms with van der Waals surface area (Å²) in [5, 5.41) is 10.2. The molecule has 33 heavy (non-hydrogen) atoms. The van der Waals surface area contributed by atoms with Gasteiger partial charge < -0.3 is 4.42 Å². The van der Waals surface area contributed by atoms with Crippen molar-refractivity contribution in [3.63, 3.8) is 0 Å². The van der Waals surface area contributed by atoms with Crippen LogP contribution in [0.25, 0.3) is 33.5 Å². The van der Waals surface area contributed by atoms with Crippen LogP contribution in [0.2, 0.25) is 0 Å². The van der Waals surface area contributed by atoms with Crippen LogP contribution in [0.15, 0.2) is 94.7 Å². The first-order chi connectivity index (χ1) is 16.2. The van der Waals surface area contributed by atoms with E-state index in [0.29, 0.717) is 16.5 Å². The number of fused-ring (bicyclic) bond motifs is 1. The predicted molar refractivity (Wildman–Crippen MR) is 133 cm³/mol. The van der Waals surface area contributed by atoms with E-state index in [9.17, 15) is 0 Å². The molecule has 2 aromatic heterocycles. The number of hydrogen-bond donors (Lipinski definition) is 0. The molecule has 1 saturated carbocycles. The van der Waals surface area contributed by atoms with Crippen LogP contribution in [-0.2, 0) is 11.2 Å². The molecule has 0 N–H and O–H groups in total. The third-order valence-corrected chi connectivity index (χ3v) is 7.32. The Hall–Kier alpha value is -3.44. The average Bonchev–Trinajstić information content (AvgIpc) is 3.44. The van der Waals surface area contributed by atoms with Crippen molar-refractivity contribution in [2.45, 2.75) is 36.2 Å². The van der Waals surface area contributed by atoms with Gasteiger partial charge in [0.05, 0.1) is 5.52 Å². The largest absolute Gasteiger partial charge is 0.411 e. The zero-order chi connectivity index (χ0) is 22.3. The van der Waals surface area contributed by atoms with Crippen LogP contribution in [-0.4, -0.2) is 15.2 Å². The highest BCUT2D eigenvalue weighted by molar-refractivity contribution is 7.98. The molecule has 162 valence electrons. The van der Waals surface area contributed by atoms with E-state index in [1.165, 1.54) is 40.5 Å². The Morgan fingerprint density at radius 3 is 2.58 bits per heavy atom. The maximum atomic E-state index is 5.85. The quantitative estimate of drug-likeness (QED) is 0.255. The maximum Gasteiger partial charge on any atom is 0.277 e. The number of benzene rings is 3. The van der Waals surface area contributed by atoms with E-state index in [4.69, 9.17) is 9.40 Å². The minimum Gasteiger partial charge on any atom is -0.411 e. The fourth-order valence-electron chi connectivity index (χ4n) is 4.18. The van der Waals surface area contributed by atoms with Gasteiger partial charge >= 0.3 is 0 Å². The van der Waals surface area contributed by atoms with Crippen molar-refractivity contribution in [2.75, 3.05) is 0 Å². The van der Waals surface area contributed by atoms with E-state index in [0.717, 1.165) is 16.8 Å². The Balaban J connectivity index is 1.28. The third kappa shape index (κ3) is 4.05. The first-order valence-corrected chi connectivity index (χ1v) is 12.2. The van der Waals surface area contributed by atoms with Gasteiger partial charge in [-0.15, -0.1) is 10.2 Å². The van der Waals surface area contributed by atoms with Crippen molar-refractivity contribution in [2.24, 2.45) is 0 Å². The summed E-state index contributed by atoms with van der Waals surface area (Å²) in [6.07, 6.45) is 4.39. The summed E-state index contributed by atoms with van der Waals surface area (Å²) in [6, 6.07) is 27.4. The summed E-state index contributed by atoms with van der Waals surface area (Å²) in [6.45, 7) is 2.36. The molecule has 0 unspecified atom stereocenters. The maximum absolute atomic E-state index is 5.85. The smallest absolute Gasteiger partial charge is 0.277 e. The van der Waals surface area contributed by atoms with E-state index in [1.807, 2.05) is 42.6 Å². The van der Waals surface area contributed by atoms with Crippen LogP contribution in [0.5, 0.6) is 0 Å². The van der Waals surface area contributed by atoms with E-state index >= 15 is 0 Å². The molecular formula is C28H23N3OS. The third-order valence-electron chi connectivity index (χ3n) is 6.43. The summed E-state index contributed by atoms with van der Waals surface area (Å²) in [4.78, 5) is 4.72. The van der Waals surface area contributed by atoms with Crippen LogP contribution in [0.4, 0.5) is 0 Å². The number of aromatic nitrogens is 3. The Bertz CT molecular complexity index is 1440. The summed E-state index contributed by atoms with van der Waals surface area (Å²) in [5.41, 5.74) is 7.31. The van der Waals surface area contributed by atoms with E-state index in [1.54, 1.807) is 11.8 Å². The van der Waals surface area contributed by atoms with Crippen molar-refractivity contribution >= 4 is 22.7 Å². The van der Waals surface area contributed by atoms with Gasteiger partial charge in [-0.25, -0.2) is 0 Å². The number of thioether (sulfide) groups is 1. The van der Waals surface area contributed by atoms with Gasteiger partial charge in [0.25, 0.3) is 5.22 Å². The second kappa shape index (κ2) is 8.16. The van der Waals surface area contributed by atoms with Gasteiger partial charge in [-0.2, -0.15) is 0 Å². The minimum atomic E-state index is 0.306. The lowest BCUT2D eigenvalue weighted by Gasteiger charge is -2.14. The molecule has 3 aromatic carbocycles. The fraction of sp³-hybridized carbons (Fsp3) is 0.179. The lowest BCUT2D eigenvalue weighted by molar-refractivity contribution is 0.466. The first-order valence-electron chi connectivity index (χ1n) is 11.2. The molecule has 5 heteroatoms. The molecule has 0 amide bonds. The highest BCUT2D eigenvalue weighted by atomic mass is 32.2. The molecule has 4 nitrogen and oxygen atoms in total. The van der Waals surface area contributed by atoms with E-state index < -0.39 is 0 Å².